The van der Waals surface area contributed by atoms with Crippen LogP contribution in [0.15, 0.2) is 34.6 Å². The van der Waals surface area contributed by atoms with Crippen molar-refractivity contribution in [3.63, 3.8) is 0 Å². The van der Waals surface area contributed by atoms with Crippen LogP contribution in [-0.4, -0.2) is 23.5 Å². The van der Waals surface area contributed by atoms with E-state index < -0.39 is 11.9 Å². The predicted molar refractivity (Wildman–Crippen MR) is 64.5 cm³/mol. The Labute approximate surface area is 109 Å². The molecule has 7 nitrogen and oxygen atoms in total. The van der Waals surface area contributed by atoms with Gasteiger partial charge in [-0.05, 0) is 12.1 Å². The second kappa shape index (κ2) is 7.55. The minimum atomic E-state index is -1.02. The molecule has 1 amide bonds. The fourth-order valence-electron chi connectivity index (χ4n) is 1.19. The van der Waals surface area contributed by atoms with Gasteiger partial charge in [-0.1, -0.05) is 0 Å². The molecule has 0 spiro atoms. The van der Waals surface area contributed by atoms with Crippen LogP contribution >= 0.6 is 0 Å². The lowest BCUT2D eigenvalue weighted by Gasteiger charge is -2.02. The predicted octanol–water partition coefficient (Wildman–Crippen LogP) is 0.368. The summed E-state index contributed by atoms with van der Waals surface area (Å²) in [6.07, 6.45) is 2.59. The standard InChI is InChI=1S/C12H13N3O4/c13-6-9(12(18)15-4-3-11(16)17)7-14-8-10-2-1-5-19-10/h1-2,5,7,14H,3-4,8H2,(H,15,18)(H,16,17)/b9-7-. The van der Waals surface area contributed by atoms with Gasteiger partial charge in [0.25, 0.3) is 5.91 Å². The van der Waals surface area contributed by atoms with E-state index in [0.29, 0.717) is 12.3 Å². The molecule has 0 saturated heterocycles. The Balaban J connectivity index is 2.40. The number of amides is 1. The van der Waals surface area contributed by atoms with Crippen molar-refractivity contribution in [3.05, 3.63) is 35.9 Å². The molecule has 3 N–H and O–H groups in total. The van der Waals surface area contributed by atoms with Crippen molar-refractivity contribution in [1.82, 2.24) is 10.6 Å². The molecule has 0 aliphatic rings. The third-order valence-electron chi connectivity index (χ3n) is 2.09. The van der Waals surface area contributed by atoms with Gasteiger partial charge in [-0.2, -0.15) is 5.26 Å². The fourth-order valence-corrected chi connectivity index (χ4v) is 1.19. The minimum absolute atomic E-state index is 0.0224. The molecule has 0 atom stereocenters. The quantitative estimate of drug-likeness (QED) is 0.483. The zero-order chi connectivity index (χ0) is 14.1. The number of hydrogen-bond acceptors (Lipinski definition) is 5. The van der Waals surface area contributed by atoms with Crippen molar-refractivity contribution >= 4 is 11.9 Å². The van der Waals surface area contributed by atoms with Gasteiger partial charge >= 0.3 is 5.97 Å². The molecule has 0 unspecified atom stereocenters. The largest absolute Gasteiger partial charge is 0.481 e. The number of nitriles is 1. The van der Waals surface area contributed by atoms with Gasteiger partial charge in [0.2, 0.25) is 0 Å². The maximum Gasteiger partial charge on any atom is 0.305 e. The van der Waals surface area contributed by atoms with Crippen LogP contribution in [0.5, 0.6) is 0 Å². The van der Waals surface area contributed by atoms with Crippen LogP contribution in [-0.2, 0) is 16.1 Å². The van der Waals surface area contributed by atoms with Crippen LogP contribution in [0.2, 0.25) is 0 Å². The summed E-state index contributed by atoms with van der Waals surface area (Å²) in [6.45, 7) is 0.325. The summed E-state index contributed by atoms with van der Waals surface area (Å²) in [7, 11) is 0. The average Bonchev–Trinajstić information content (AvgIpc) is 2.87. The molecular formula is C12H13N3O4. The molecule has 7 heteroatoms. The first kappa shape index (κ1) is 14.3. The lowest BCUT2D eigenvalue weighted by molar-refractivity contribution is -0.136. The van der Waals surface area contributed by atoms with Crippen LogP contribution in [0, 0.1) is 11.3 Å². The topological polar surface area (TPSA) is 115 Å². The van der Waals surface area contributed by atoms with Crippen LogP contribution in [0.3, 0.4) is 0 Å². The van der Waals surface area contributed by atoms with Crippen molar-refractivity contribution in [2.75, 3.05) is 6.54 Å². The van der Waals surface area contributed by atoms with Gasteiger partial charge in [-0.3, -0.25) is 9.59 Å². The van der Waals surface area contributed by atoms with E-state index in [9.17, 15) is 9.59 Å². The highest BCUT2D eigenvalue weighted by Crippen LogP contribution is 1.99. The average molecular weight is 263 g/mol. The van der Waals surface area contributed by atoms with Crippen molar-refractivity contribution in [1.29, 1.82) is 5.26 Å². The van der Waals surface area contributed by atoms with Gasteiger partial charge in [-0.25, -0.2) is 0 Å². The molecule has 1 rings (SSSR count). The SMILES string of the molecule is N#C/C(=C/NCc1ccco1)C(=O)NCCC(=O)O. The zero-order valence-corrected chi connectivity index (χ0v) is 10.0. The molecule has 1 aromatic rings. The number of aliphatic carboxylic acids is 1. The van der Waals surface area contributed by atoms with Crippen LogP contribution in [0.4, 0.5) is 0 Å². The summed E-state index contributed by atoms with van der Waals surface area (Å²) in [4.78, 5) is 21.8. The number of furan rings is 1. The van der Waals surface area contributed by atoms with Gasteiger partial charge in [0.1, 0.15) is 17.4 Å². The zero-order valence-electron chi connectivity index (χ0n) is 10.0. The van der Waals surface area contributed by atoms with Gasteiger partial charge < -0.3 is 20.2 Å². The highest BCUT2D eigenvalue weighted by Gasteiger charge is 2.08. The summed E-state index contributed by atoms with van der Waals surface area (Å²) in [5.74, 6) is -0.964. The molecule has 0 bridgehead atoms. The Morgan fingerprint density at radius 1 is 1.53 bits per heavy atom. The molecule has 0 fully saturated rings. The molecule has 0 aliphatic carbocycles. The van der Waals surface area contributed by atoms with Gasteiger partial charge in [0.05, 0.1) is 19.2 Å². The Morgan fingerprint density at radius 2 is 2.32 bits per heavy atom. The fraction of sp³-hybridized carbons (Fsp3) is 0.250. The number of carboxylic acids is 1. The lowest BCUT2D eigenvalue weighted by Crippen LogP contribution is -2.27. The number of nitrogens with zero attached hydrogens (tertiary/aromatic N) is 1. The summed E-state index contributed by atoms with van der Waals surface area (Å²) >= 11 is 0. The minimum Gasteiger partial charge on any atom is -0.481 e. The normalized spacial score (nSPS) is 10.6. The van der Waals surface area contributed by atoms with E-state index in [0.717, 1.165) is 0 Å². The molecule has 0 saturated carbocycles. The van der Waals surface area contributed by atoms with Crippen LogP contribution in [0.1, 0.15) is 12.2 Å². The summed E-state index contributed by atoms with van der Waals surface area (Å²) in [5.41, 5.74) is -0.128. The maximum absolute atomic E-state index is 11.5. The Bertz CT molecular complexity index is 500. The molecule has 1 aromatic heterocycles. The monoisotopic (exact) mass is 263 g/mol. The van der Waals surface area contributed by atoms with Crippen molar-refractivity contribution < 1.29 is 19.1 Å². The third-order valence-corrected chi connectivity index (χ3v) is 2.09. The van der Waals surface area contributed by atoms with Gasteiger partial charge in [0, 0.05) is 12.7 Å². The van der Waals surface area contributed by atoms with Crippen LogP contribution in [0.25, 0.3) is 0 Å². The smallest absolute Gasteiger partial charge is 0.305 e. The summed E-state index contributed by atoms with van der Waals surface area (Å²) in [5, 5.41) is 22.3. The van der Waals surface area contributed by atoms with E-state index in [1.165, 1.54) is 12.5 Å². The first-order valence-corrected chi connectivity index (χ1v) is 5.49. The maximum atomic E-state index is 11.5. The van der Waals surface area contributed by atoms with Crippen molar-refractivity contribution in [3.8, 4) is 6.07 Å². The Morgan fingerprint density at radius 3 is 2.89 bits per heavy atom. The number of nitrogens with one attached hydrogen (secondary N) is 2. The molecule has 0 aliphatic heterocycles. The molecule has 100 valence electrons. The highest BCUT2D eigenvalue weighted by molar-refractivity contribution is 5.97. The molecule has 0 radical (unpaired) electrons. The van der Waals surface area contributed by atoms with Crippen LogP contribution < -0.4 is 10.6 Å². The van der Waals surface area contributed by atoms with E-state index in [-0.39, 0.29) is 18.5 Å². The molecule has 1 heterocycles. The molecule has 0 aromatic carbocycles. The van der Waals surface area contributed by atoms with Gasteiger partial charge in [0.15, 0.2) is 0 Å². The van der Waals surface area contributed by atoms with E-state index in [2.05, 4.69) is 10.6 Å². The Kier molecular flexibility index (Phi) is 5.69. The van der Waals surface area contributed by atoms with E-state index >= 15 is 0 Å². The van der Waals surface area contributed by atoms with E-state index in [4.69, 9.17) is 14.8 Å². The molecule has 19 heavy (non-hydrogen) atoms. The number of hydrogen-bond donors (Lipinski definition) is 3. The highest BCUT2D eigenvalue weighted by atomic mass is 16.4. The Hall–Kier alpha value is -2.75. The number of carboxylic acid groups (broad SMARTS) is 1. The second-order valence-electron chi connectivity index (χ2n) is 3.53. The first-order valence-electron chi connectivity index (χ1n) is 5.49. The van der Waals surface area contributed by atoms with Crippen molar-refractivity contribution in [2.24, 2.45) is 0 Å². The van der Waals surface area contributed by atoms with Crippen molar-refractivity contribution in [2.45, 2.75) is 13.0 Å². The summed E-state index contributed by atoms with van der Waals surface area (Å²) < 4.78 is 5.06. The van der Waals surface area contributed by atoms with E-state index in [1.807, 2.05) is 0 Å². The second-order valence-corrected chi connectivity index (χ2v) is 3.53. The van der Waals surface area contributed by atoms with Gasteiger partial charge in [-0.15, -0.1) is 0 Å². The molecular weight excluding hydrogens is 250 g/mol. The third kappa shape index (κ3) is 5.41. The van der Waals surface area contributed by atoms with E-state index in [1.54, 1.807) is 18.2 Å². The lowest BCUT2D eigenvalue weighted by atomic mass is 10.3. The number of rotatable bonds is 7. The number of carbonyl (C=O) groups is 2. The first-order chi connectivity index (χ1) is 9.13. The summed E-state index contributed by atoms with van der Waals surface area (Å²) in [6, 6.07) is 5.21. The number of carbonyl (C=O) groups excluding carboxylic acids is 1.